The Morgan fingerprint density at radius 2 is 1.54 bits per heavy atom. The van der Waals surface area contributed by atoms with Crippen LogP contribution in [0.3, 0.4) is 0 Å². The van der Waals surface area contributed by atoms with Gasteiger partial charge in [0, 0.05) is 31.5 Å². The number of nitrogens with one attached hydrogen (secondary N) is 1. The quantitative estimate of drug-likeness (QED) is 0.346. The summed E-state index contributed by atoms with van der Waals surface area (Å²) >= 11 is 0. The molecule has 3 aliphatic carbocycles. The van der Waals surface area contributed by atoms with Crippen molar-refractivity contribution in [3.05, 3.63) is 0 Å². The normalized spacial score (nSPS) is 30.0. The summed E-state index contributed by atoms with van der Waals surface area (Å²) in [5, 5.41) is 23.6. The monoisotopic (exact) mass is 578 g/mol. The molecule has 4 aliphatic rings. The molecule has 9 heteroatoms. The fourth-order valence-electron chi connectivity index (χ4n) is 7.86. The van der Waals surface area contributed by atoms with E-state index >= 15 is 0 Å². The third-order valence-electron chi connectivity index (χ3n) is 10.2. The van der Waals surface area contributed by atoms with Gasteiger partial charge in [0.15, 0.2) is 5.60 Å². The molecule has 41 heavy (non-hydrogen) atoms. The van der Waals surface area contributed by atoms with Gasteiger partial charge in [0.2, 0.25) is 5.91 Å². The summed E-state index contributed by atoms with van der Waals surface area (Å²) in [6, 6.07) is 0. The van der Waals surface area contributed by atoms with E-state index in [9.17, 15) is 24.6 Å². The number of likely N-dealkylation sites (tertiary alicyclic amines) is 1. The number of piperidine rings is 1. The van der Waals surface area contributed by atoms with E-state index in [-0.39, 0.29) is 36.5 Å². The van der Waals surface area contributed by atoms with E-state index in [1.807, 2.05) is 25.7 Å². The Morgan fingerprint density at radius 1 is 0.854 bits per heavy atom. The topological polar surface area (TPSA) is 125 Å². The number of ether oxygens (including phenoxy) is 2. The van der Waals surface area contributed by atoms with Gasteiger partial charge >= 0.3 is 12.1 Å². The van der Waals surface area contributed by atoms with Crippen LogP contribution in [0.5, 0.6) is 0 Å². The lowest BCUT2D eigenvalue weighted by Gasteiger charge is -2.41. The van der Waals surface area contributed by atoms with E-state index in [1.165, 1.54) is 12.8 Å². The number of aliphatic carboxylic acids is 1. The lowest BCUT2D eigenvalue weighted by atomic mass is 9.72. The van der Waals surface area contributed by atoms with E-state index in [2.05, 4.69) is 5.32 Å². The number of nitrogens with zero attached hydrogens (tertiary/aromatic N) is 1. The second-order valence-electron chi connectivity index (χ2n) is 14.3. The van der Waals surface area contributed by atoms with Gasteiger partial charge in [-0.3, -0.25) is 4.79 Å². The van der Waals surface area contributed by atoms with Crippen LogP contribution in [0.2, 0.25) is 0 Å². The Kier molecular flexibility index (Phi) is 11.0. The Balaban J connectivity index is 1.20. The molecule has 9 nitrogen and oxygen atoms in total. The number of carboxylic acids is 1. The van der Waals surface area contributed by atoms with E-state index in [1.54, 1.807) is 0 Å². The highest BCUT2D eigenvalue weighted by atomic mass is 16.6. The van der Waals surface area contributed by atoms with Crippen molar-refractivity contribution in [3.63, 3.8) is 0 Å². The standard InChI is InChI=1S/C32H54N2O7/c1-31(2,3)41-30(38)33-20-22-8-6-9-24(18-22)23-14-16-34(17-15-23)28(35)25-10-7-13-27(19-25)40-21-32(39,29(36)37)26-11-4-5-12-26/h22-27,39H,4-21H2,1-3H3,(H,33,38)(H,36,37). The Morgan fingerprint density at radius 3 is 2.20 bits per heavy atom. The van der Waals surface area contributed by atoms with Gasteiger partial charge in [-0.05, 0) is 96.3 Å². The fraction of sp³-hybridized carbons (Fsp3) is 0.906. The lowest BCUT2D eigenvalue weighted by molar-refractivity contribution is -0.178. The summed E-state index contributed by atoms with van der Waals surface area (Å²) < 4.78 is 11.4. The number of hydrogen-bond donors (Lipinski definition) is 3. The number of carbonyl (C=O) groups excluding carboxylic acids is 2. The van der Waals surface area contributed by atoms with Gasteiger partial charge in [-0.15, -0.1) is 0 Å². The zero-order chi connectivity index (χ0) is 29.6. The fourth-order valence-corrected chi connectivity index (χ4v) is 7.86. The first-order valence-electron chi connectivity index (χ1n) is 16.3. The van der Waals surface area contributed by atoms with Gasteiger partial charge in [-0.1, -0.05) is 32.1 Å². The number of carboxylic acid groups (broad SMARTS) is 1. The zero-order valence-electron chi connectivity index (χ0n) is 25.6. The number of carbonyl (C=O) groups is 3. The van der Waals surface area contributed by atoms with Crippen molar-refractivity contribution in [1.29, 1.82) is 0 Å². The van der Waals surface area contributed by atoms with Gasteiger partial charge < -0.3 is 29.9 Å². The molecule has 3 saturated carbocycles. The number of amides is 2. The third-order valence-corrected chi connectivity index (χ3v) is 10.2. The van der Waals surface area contributed by atoms with Crippen molar-refractivity contribution >= 4 is 18.0 Å². The number of aliphatic hydroxyl groups is 1. The summed E-state index contributed by atoms with van der Waals surface area (Å²) in [4.78, 5) is 39.5. The maximum absolute atomic E-state index is 13.5. The van der Waals surface area contributed by atoms with Crippen LogP contribution in [-0.2, 0) is 19.1 Å². The molecule has 234 valence electrons. The molecule has 1 aliphatic heterocycles. The maximum Gasteiger partial charge on any atom is 0.407 e. The van der Waals surface area contributed by atoms with E-state index in [0.717, 1.165) is 83.7 Å². The Bertz CT molecular complexity index is 891. The molecule has 5 atom stereocenters. The highest BCUT2D eigenvalue weighted by molar-refractivity contribution is 5.79. The van der Waals surface area contributed by atoms with E-state index in [0.29, 0.717) is 30.7 Å². The molecule has 0 aromatic carbocycles. The van der Waals surface area contributed by atoms with Crippen LogP contribution in [0.1, 0.15) is 111 Å². The average molecular weight is 579 g/mol. The molecule has 0 radical (unpaired) electrons. The highest BCUT2D eigenvalue weighted by Crippen LogP contribution is 2.39. The van der Waals surface area contributed by atoms with Crippen LogP contribution in [0.4, 0.5) is 4.79 Å². The van der Waals surface area contributed by atoms with Crippen LogP contribution in [0.25, 0.3) is 0 Å². The van der Waals surface area contributed by atoms with Crippen LogP contribution in [-0.4, -0.2) is 76.6 Å². The Labute approximate surface area is 246 Å². The molecule has 5 unspecified atom stereocenters. The van der Waals surface area contributed by atoms with Gasteiger partial charge in [-0.2, -0.15) is 0 Å². The van der Waals surface area contributed by atoms with Gasteiger partial charge in [0.1, 0.15) is 5.60 Å². The molecule has 4 rings (SSSR count). The maximum atomic E-state index is 13.5. The predicted octanol–water partition coefficient (Wildman–Crippen LogP) is 5.14. The first kappa shape index (κ1) is 32.1. The minimum Gasteiger partial charge on any atom is -0.479 e. The van der Waals surface area contributed by atoms with Gasteiger partial charge in [-0.25, -0.2) is 9.59 Å². The average Bonchev–Trinajstić information content (AvgIpc) is 3.50. The molecule has 2 amide bonds. The summed E-state index contributed by atoms with van der Waals surface area (Å²) in [5.74, 6) is 0.411. The lowest BCUT2D eigenvalue weighted by Crippen LogP contribution is -2.50. The van der Waals surface area contributed by atoms with Crippen molar-refractivity contribution in [1.82, 2.24) is 10.2 Å². The molecule has 0 aromatic heterocycles. The number of rotatable bonds is 9. The number of alkyl carbamates (subject to hydrolysis) is 1. The van der Waals surface area contributed by atoms with Crippen LogP contribution >= 0.6 is 0 Å². The van der Waals surface area contributed by atoms with Crippen molar-refractivity contribution < 1.29 is 34.1 Å². The minimum absolute atomic E-state index is 0.0901. The van der Waals surface area contributed by atoms with Crippen LogP contribution in [0.15, 0.2) is 0 Å². The largest absolute Gasteiger partial charge is 0.479 e. The first-order chi connectivity index (χ1) is 19.4. The molecule has 0 spiro atoms. The van der Waals surface area contributed by atoms with E-state index in [4.69, 9.17) is 9.47 Å². The molecule has 4 fully saturated rings. The second-order valence-corrected chi connectivity index (χ2v) is 14.3. The van der Waals surface area contributed by atoms with Gasteiger partial charge in [0.05, 0.1) is 12.7 Å². The highest BCUT2D eigenvalue weighted by Gasteiger charge is 2.46. The minimum atomic E-state index is -1.83. The number of hydrogen-bond acceptors (Lipinski definition) is 6. The first-order valence-corrected chi connectivity index (χ1v) is 16.3. The second kappa shape index (κ2) is 14.1. The zero-order valence-corrected chi connectivity index (χ0v) is 25.6. The smallest absolute Gasteiger partial charge is 0.407 e. The van der Waals surface area contributed by atoms with Gasteiger partial charge in [0.25, 0.3) is 0 Å². The van der Waals surface area contributed by atoms with E-state index < -0.39 is 17.2 Å². The molecule has 0 bridgehead atoms. The van der Waals surface area contributed by atoms with Crippen molar-refractivity contribution in [3.8, 4) is 0 Å². The molecule has 3 N–H and O–H groups in total. The molecule has 1 heterocycles. The van der Waals surface area contributed by atoms with Crippen molar-refractivity contribution in [2.75, 3.05) is 26.2 Å². The SMILES string of the molecule is CC(C)(C)OC(=O)NCC1CCCC(C2CCN(C(=O)C3CCCC(OCC(O)(C(=O)O)C4CCCC4)C3)CC2)C1. The summed E-state index contributed by atoms with van der Waals surface area (Å²) in [5.41, 5.74) is -2.32. The summed E-state index contributed by atoms with van der Waals surface area (Å²) in [7, 11) is 0. The van der Waals surface area contributed by atoms with Crippen LogP contribution < -0.4 is 5.32 Å². The molecular weight excluding hydrogens is 524 g/mol. The Hall–Kier alpha value is -1.87. The molecular formula is C32H54N2O7. The van der Waals surface area contributed by atoms with Crippen molar-refractivity contribution in [2.24, 2.45) is 29.6 Å². The summed E-state index contributed by atoms with van der Waals surface area (Å²) in [6.07, 6.45) is 12.7. The van der Waals surface area contributed by atoms with Crippen molar-refractivity contribution in [2.45, 2.75) is 128 Å². The molecule has 1 saturated heterocycles. The predicted molar refractivity (Wildman–Crippen MR) is 155 cm³/mol. The third kappa shape index (κ3) is 8.82. The summed E-state index contributed by atoms with van der Waals surface area (Å²) in [6.45, 7) is 7.69. The van der Waals surface area contributed by atoms with Crippen LogP contribution in [0, 0.1) is 29.6 Å². The molecule has 0 aromatic rings.